The van der Waals surface area contributed by atoms with Crippen LogP contribution in [0.2, 0.25) is 5.02 Å². The lowest BCUT2D eigenvalue weighted by Crippen LogP contribution is -2.18. The first-order valence-electron chi connectivity index (χ1n) is 3.44. The van der Waals surface area contributed by atoms with E-state index in [1.807, 2.05) is 0 Å². The molecule has 0 radical (unpaired) electrons. The van der Waals surface area contributed by atoms with Crippen molar-refractivity contribution in [2.45, 2.75) is 6.92 Å². The van der Waals surface area contributed by atoms with Crippen LogP contribution in [0.1, 0.15) is 16.1 Å². The molecule has 0 N–H and O–H groups in total. The van der Waals surface area contributed by atoms with E-state index >= 15 is 0 Å². The maximum atomic E-state index is 11.3. The predicted octanol–water partition coefficient (Wildman–Crippen LogP) is 1.39. The van der Waals surface area contributed by atoms with Crippen LogP contribution >= 0.6 is 11.6 Å². The first kappa shape index (κ1) is 9.80. The second kappa shape index (κ2) is 3.62. The summed E-state index contributed by atoms with van der Waals surface area (Å²) in [7, 11) is 1.18. The van der Waals surface area contributed by atoms with Gasteiger partial charge in [-0.1, -0.05) is 11.6 Å². The summed E-state index contributed by atoms with van der Waals surface area (Å²) in [6, 6.07) is 0. The van der Waals surface area contributed by atoms with Crippen molar-refractivity contribution in [3.05, 3.63) is 32.8 Å². The molecule has 1 rings (SSSR count). The van der Waals surface area contributed by atoms with Gasteiger partial charge in [-0.05, 0) is 6.92 Å². The highest BCUT2D eigenvalue weighted by Crippen LogP contribution is 2.09. The second-order valence-electron chi connectivity index (χ2n) is 2.34. The molecule has 0 unspecified atom stereocenters. The zero-order chi connectivity index (χ0) is 10.0. The molecule has 0 aromatic carbocycles. The molecule has 0 saturated heterocycles. The smallest absolute Gasteiger partial charge is 0.345 e. The Morgan fingerprint density at radius 1 is 1.62 bits per heavy atom. The number of methoxy groups -OCH3 is 1. The van der Waals surface area contributed by atoms with Crippen LogP contribution in [0.25, 0.3) is 0 Å². The normalized spacial score (nSPS) is 9.77. The summed E-state index contributed by atoms with van der Waals surface area (Å²) in [6.45, 7) is 1.49. The van der Waals surface area contributed by atoms with Crippen LogP contribution in [0, 0.1) is 6.92 Å². The van der Waals surface area contributed by atoms with Crippen molar-refractivity contribution in [1.82, 2.24) is 0 Å². The lowest BCUT2D eigenvalue weighted by Gasteiger charge is -2.01. The van der Waals surface area contributed by atoms with Gasteiger partial charge in [0.1, 0.15) is 22.6 Å². The molecule has 0 fully saturated rings. The average molecular weight is 203 g/mol. The molecule has 5 heteroatoms. The second-order valence-corrected chi connectivity index (χ2v) is 2.74. The van der Waals surface area contributed by atoms with Gasteiger partial charge >= 0.3 is 5.97 Å². The molecule has 4 nitrogen and oxygen atoms in total. The molecule has 0 aliphatic carbocycles. The third kappa shape index (κ3) is 1.72. The van der Waals surface area contributed by atoms with E-state index in [4.69, 9.17) is 16.0 Å². The zero-order valence-electron chi connectivity index (χ0n) is 7.09. The van der Waals surface area contributed by atoms with Crippen LogP contribution in [-0.2, 0) is 4.74 Å². The summed E-state index contributed by atoms with van der Waals surface area (Å²) >= 11 is 5.47. The number of carbonyl (C=O) groups excluding carboxylic acids is 1. The lowest BCUT2D eigenvalue weighted by molar-refractivity contribution is 0.0595. The van der Waals surface area contributed by atoms with Gasteiger partial charge in [-0.3, -0.25) is 4.79 Å². The van der Waals surface area contributed by atoms with Crippen molar-refractivity contribution in [3.63, 3.8) is 0 Å². The molecular formula is C8H7ClO4. The molecule has 13 heavy (non-hydrogen) atoms. The van der Waals surface area contributed by atoms with Crippen molar-refractivity contribution in [3.8, 4) is 0 Å². The predicted molar refractivity (Wildman–Crippen MR) is 46.1 cm³/mol. The molecule has 0 aliphatic heterocycles. The summed E-state index contributed by atoms with van der Waals surface area (Å²) in [6.07, 6.45) is 1.09. The third-order valence-electron chi connectivity index (χ3n) is 1.52. The van der Waals surface area contributed by atoms with Gasteiger partial charge < -0.3 is 9.15 Å². The van der Waals surface area contributed by atoms with Gasteiger partial charge in [-0.15, -0.1) is 0 Å². The Balaban J connectivity index is 3.43. The Morgan fingerprint density at radius 3 is 2.77 bits per heavy atom. The third-order valence-corrected chi connectivity index (χ3v) is 1.79. The van der Waals surface area contributed by atoms with Gasteiger partial charge in [-0.2, -0.15) is 0 Å². The van der Waals surface area contributed by atoms with Crippen LogP contribution in [0.15, 0.2) is 15.5 Å². The fourth-order valence-electron chi connectivity index (χ4n) is 0.870. The molecule has 1 heterocycles. The number of carbonyl (C=O) groups is 1. The van der Waals surface area contributed by atoms with E-state index in [2.05, 4.69) is 4.74 Å². The Hall–Kier alpha value is -1.29. The van der Waals surface area contributed by atoms with Gasteiger partial charge in [0.25, 0.3) is 0 Å². The fourth-order valence-corrected chi connectivity index (χ4v) is 1.01. The van der Waals surface area contributed by atoms with Crippen molar-refractivity contribution >= 4 is 17.6 Å². The molecule has 1 aromatic rings. The number of esters is 1. The van der Waals surface area contributed by atoms with E-state index < -0.39 is 11.4 Å². The Kier molecular flexibility index (Phi) is 2.72. The summed E-state index contributed by atoms with van der Waals surface area (Å²) < 4.78 is 9.26. The summed E-state index contributed by atoms with van der Waals surface area (Å²) in [5.74, 6) is -0.546. The molecular weight excluding hydrogens is 196 g/mol. The molecule has 0 atom stereocenters. The molecule has 0 bridgehead atoms. The number of halogens is 1. The molecule has 70 valence electrons. The number of ether oxygens (including phenoxy) is 1. The highest BCUT2D eigenvalue weighted by molar-refractivity contribution is 6.30. The molecule has 0 aliphatic rings. The zero-order valence-corrected chi connectivity index (χ0v) is 7.84. The van der Waals surface area contributed by atoms with Crippen LogP contribution < -0.4 is 5.43 Å². The first-order chi connectivity index (χ1) is 6.07. The van der Waals surface area contributed by atoms with E-state index in [0.29, 0.717) is 0 Å². The Morgan fingerprint density at radius 2 is 2.23 bits per heavy atom. The Bertz CT molecular complexity index is 394. The van der Waals surface area contributed by atoms with Gasteiger partial charge in [0.05, 0.1) is 7.11 Å². The lowest BCUT2D eigenvalue weighted by atomic mass is 10.2. The van der Waals surface area contributed by atoms with Crippen molar-refractivity contribution in [2.24, 2.45) is 0 Å². The monoisotopic (exact) mass is 202 g/mol. The van der Waals surface area contributed by atoms with Gasteiger partial charge in [0, 0.05) is 0 Å². The minimum atomic E-state index is -0.742. The summed E-state index contributed by atoms with van der Waals surface area (Å²) in [4.78, 5) is 22.4. The number of hydrogen-bond donors (Lipinski definition) is 0. The fraction of sp³-hybridized carbons (Fsp3) is 0.250. The Labute approximate surface area is 79.1 Å². The highest BCUT2D eigenvalue weighted by atomic mass is 35.5. The maximum absolute atomic E-state index is 11.3. The van der Waals surface area contributed by atoms with E-state index in [1.54, 1.807) is 0 Å². The summed E-state index contributed by atoms with van der Waals surface area (Å²) in [5.41, 5.74) is -0.729. The van der Waals surface area contributed by atoms with E-state index in [9.17, 15) is 9.59 Å². The van der Waals surface area contributed by atoms with E-state index in [0.717, 1.165) is 6.26 Å². The first-order valence-corrected chi connectivity index (χ1v) is 3.82. The molecule has 1 aromatic heterocycles. The van der Waals surface area contributed by atoms with Crippen LogP contribution in [0.3, 0.4) is 0 Å². The minimum Gasteiger partial charge on any atom is -0.467 e. The molecule has 0 amide bonds. The SMILES string of the molecule is COC(=O)c1c(C)occ(Cl)c1=O. The van der Waals surface area contributed by atoms with Gasteiger partial charge in [0.2, 0.25) is 5.43 Å². The number of rotatable bonds is 1. The number of aryl methyl sites for hydroxylation is 1. The van der Waals surface area contributed by atoms with Crippen molar-refractivity contribution < 1.29 is 13.9 Å². The molecule has 0 saturated carbocycles. The van der Waals surface area contributed by atoms with Gasteiger partial charge in [-0.25, -0.2) is 4.79 Å². The maximum Gasteiger partial charge on any atom is 0.345 e. The number of hydrogen-bond acceptors (Lipinski definition) is 4. The standard InChI is InChI=1S/C8H7ClO4/c1-4-6(8(11)12-2)7(10)5(9)3-13-4/h3H,1-2H3. The largest absolute Gasteiger partial charge is 0.467 e. The van der Waals surface area contributed by atoms with Crippen LogP contribution in [-0.4, -0.2) is 13.1 Å². The quantitative estimate of drug-likeness (QED) is 0.646. The van der Waals surface area contributed by atoms with Crippen LogP contribution in [0.4, 0.5) is 0 Å². The molecule has 0 spiro atoms. The van der Waals surface area contributed by atoms with Crippen LogP contribution in [0.5, 0.6) is 0 Å². The van der Waals surface area contributed by atoms with Gasteiger partial charge in [0.15, 0.2) is 0 Å². The average Bonchev–Trinajstić information content (AvgIpc) is 2.12. The van der Waals surface area contributed by atoms with Crippen molar-refractivity contribution in [2.75, 3.05) is 7.11 Å². The summed E-state index contributed by atoms with van der Waals surface area (Å²) in [5, 5.41) is -0.133. The topological polar surface area (TPSA) is 56.5 Å². The van der Waals surface area contributed by atoms with E-state index in [1.165, 1.54) is 14.0 Å². The minimum absolute atomic E-state index is 0.133. The van der Waals surface area contributed by atoms with E-state index in [-0.39, 0.29) is 16.3 Å². The van der Waals surface area contributed by atoms with Crippen molar-refractivity contribution in [1.29, 1.82) is 0 Å². The highest BCUT2D eigenvalue weighted by Gasteiger charge is 2.17.